The highest BCUT2D eigenvalue weighted by molar-refractivity contribution is 6.21. The van der Waals surface area contributed by atoms with Gasteiger partial charge in [-0.1, -0.05) is 164 Å². The number of benzene rings is 12. The summed E-state index contributed by atoms with van der Waals surface area (Å²) in [6.45, 7) is 0. The van der Waals surface area contributed by atoms with Crippen LogP contribution in [0.15, 0.2) is 231 Å². The van der Waals surface area contributed by atoms with E-state index >= 15 is 0 Å². The lowest BCUT2D eigenvalue weighted by molar-refractivity contribution is 1.18. The second-order valence-electron chi connectivity index (χ2n) is 18.9. The highest BCUT2D eigenvalue weighted by Crippen LogP contribution is 2.50. The second-order valence-corrected chi connectivity index (χ2v) is 18.9. The summed E-state index contributed by atoms with van der Waals surface area (Å²) in [5, 5.41) is 14.7. The summed E-state index contributed by atoms with van der Waals surface area (Å²) in [5.74, 6) is 0. The molecule has 12 aromatic carbocycles. The molecule has 0 amide bonds. The van der Waals surface area contributed by atoms with Gasteiger partial charge in [0, 0.05) is 49.4 Å². The summed E-state index contributed by atoms with van der Waals surface area (Å²) in [7, 11) is 0. The molecule has 0 N–H and O–H groups in total. The number of para-hydroxylation sites is 4. The van der Waals surface area contributed by atoms with E-state index in [2.05, 4.69) is 228 Å². The van der Waals surface area contributed by atoms with E-state index < -0.39 is 0 Å². The number of fused-ring (bicyclic) bond motifs is 14. The highest BCUT2D eigenvalue weighted by Gasteiger charge is 2.25. The third kappa shape index (κ3) is 5.25. The molecule has 3 heterocycles. The van der Waals surface area contributed by atoms with Crippen LogP contribution in [0.1, 0.15) is 0 Å². The van der Waals surface area contributed by atoms with Gasteiger partial charge in [0.25, 0.3) is 0 Å². The molecule has 0 aliphatic heterocycles. The van der Waals surface area contributed by atoms with Crippen molar-refractivity contribution in [3.05, 3.63) is 231 Å². The van der Waals surface area contributed by atoms with Gasteiger partial charge in [0.05, 0.1) is 44.5 Å². The van der Waals surface area contributed by atoms with Crippen LogP contribution in [0.5, 0.6) is 0 Å². The predicted octanol–water partition coefficient (Wildman–Crippen LogP) is 17.4. The first-order chi connectivity index (χ1) is 34.7. The van der Waals surface area contributed by atoms with Gasteiger partial charge in [-0.2, -0.15) is 0 Å². The quantitative estimate of drug-likeness (QED) is 0.176. The molecule has 0 unspecified atom stereocenters. The van der Waals surface area contributed by atoms with Crippen LogP contribution < -0.4 is 0 Å². The molecule has 3 aromatic heterocycles. The van der Waals surface area contributed by atoms with E-state index in [-0.39, 0.29) is 0 Å². The fourth-order valence-electron chi connectivity index (χ4n) is 12.0. The summed E-state index contributed by atoms with van der Waals surface area (Å²) in [4.78, 5) is 10.8. The van der Waals surface area contributed by atoms with Crippen molar-refractivity contribution in [3.8, 4) is 56.1 Å². The Kier molecular flexibility index (Phi) is 7.58. The van der Waals surface area contributed by atoms with Crippen LogP contribution in [-0.2, 0) is 0 Å². The van der Waals surface area contributed by atoms with E-state index in [1.54, 1.807) is 0 Å². The van der Waals surface area contributed by atoms with Crippen molar-refractivity contribution in [1.82, 2.24) is 19.1 Å². The Labute approximate surface area is 401 Å². The molecule has 0 saturated carbocycles. The Hall–Kier alpha value is -9.38. The van der Waals surface area contributed by atoms with E-state index in [4.69, 9.17) is 9.97 Å². The molecular formula is C66H38N4. The average molecular weight is 887 g/mol. The Morgan fingerprint density at radius 1 is 0.271 bits per heavy atom. The van der Waals surface area contributed by atoms with Gasteiger partial charge in [-0.05, 0) is 127 Å². The third-order valence-electron chi connectivity index (χ3n) is 15.2. The molecule has 0 bridgehead atoms. The average Bonchev–Trinajstić information content (AvgIpc) is 4.06. The lowest BCUT2D eigenvalue weighted by atomic mass is 9.94. The van der Waals surface area contributed by atoms with E-state index in [0.717, 1.165) is 55.7 Å². The lowest BCUT2D eigenvalue weighted by Crippen LogP contribution is -1.97. The summed E-state index contributed by atoms with van der Waals surface area (Å²) in [6.07, 6.45) is 0. The fourth-order valence-corrected chi connectivity index (χ4v) is 12.0. The first-order valence-electron chi connectivity index (χ1n) is 24.1. The Morgan fingerprint density at radius 3 is 1.64 bits per heavy atom. The van der Waals surface area contributed by atoms with Gasteiger partial charge in [0.1, 0.15) is 0 Å². The summed E-state index contributed by atoms with van der Waals surface area (Å²) in [6, 6.07) is 84.4. The monoisotopic (exact) mass is 886 g/mol. The van der Waals surface area contributed by atoms with Crippen molar-refractivity contribution in [1.29, 1.82) is 0 Å². The molecule has 70 heavy (non-hydrogen) atoms. The van der Waals surface area contributed by atoms with Gasteiger partial charge in [-0.15, -0.1) is 0 Å². The molecule has 4 heteroatoms. The van der Waals surface area contributed by atoms with Gasteiger partial charge in [0.2, 0.25) is 0 Å². The second kappa shape index (κ2) is 14.1. The van der Waals surface area contributed by atoms with Crippen LogP contribution in [0.25, 0.3) is 154 Å². The van der Waals surface area contributed by atoms with E-state index in [1.165, 1.54) is 98.2 Å². The van der Waals surface area contributed by atoms with Crippen LogP contribution in [0.3, 0.4) is 0 Å². The third-order valence-corrected chi connectivity index (χ3v) is 15.2. The molecular weight excluding hydrogens is 849 g/mol. The maximum atomic E-state index is 5.40. The largest absolute Gasteiger partial charge is 0.309 e. The van der Waals surface area contributed by atoms with Gasteiger partial charge >= 0.3 is 0 Å². The van der Waals surface area contributed by atoms with E-state index in [9.17, 15) is 0 Å². The van der Waals surface area contributed by atoms with Crippen LogP contribution >= 0.6 is 0 Å². The molecule has 16 rings (SSSR count). The minimum atomic E-state index is 0.878. The molecule has 0 spiro atoms. The van der Waals surface area contributed by atoms with Crippen molar-refractivity contribution in [2.45, 2.75) is 0 Å². The Balaban J connectivity index is 0.853. The predicted molar refractivity (Wildman–Crippen MR) is 294 cm³/mol. The molecule has 322 valence electrons. The standard InChI is InChI=1S/C66H38N4/c1-2-13-47-39(12-1)28-31-56-50-16-5-10-23-61(50)70(66(47)56)46-30-27-42-37-57-51-17-6-9-22-60(51)69(62(57)38-44(42)36-46)45-29-26-40-34-43(25-24-41(40)35-45)64-65(68-59-21-8-7-20-58(59)67-64)55-33-32-54-49-15-4-3-14-48(49)52-18-11-19-53(55)63(52)54/h1-38H. The number of aromatic nitrogens is 4. The maximum Gasteiger partial charge on any atom is 0.0979 e. The number of rotatable bonds is 4. The fraction of sp³-hybridized carbons (Fsp3) is 0. The SMILES string of the molecule is c1ccc2c(c1)-c1cccc3c(-c4nc5ccccc5nc4-c4ccc5cc(-n6c7ccccc7c7cc8ccc(-n9c%10ccccc%10c%10ccc%11ccccc%11c%109)cc8cc76)ccc5c4)ccc-2c13. The summed E-state index contributed by atoms with van der Waals surface area (Å²) < 4.78 is 4.90. The number of nitrogens with zero attached hydrogens (tertiary/aromatic N) is 4. The highest BCUT2D eigenvalue weighted by atomic mass is 15.0. The van der Waals surface area contributed by atoms with Gasteiger partial charge in [0.15, 0.2) is 0 Å². The van der Waals surface area contributed by atoms with E-state index in [1.807, 2.05) is 12.1 Å². The molecule has 0 saturated heterocycles. The van der Waals surface area contributed by atoms with Crippen molar-refractivity contribution in [3.63, 3.8) is 0 Å². The molecule has 0 fully saturated rings. The smallest absolute Gasteiger partial charge is 0.0979 e. The first kappa shape index (κ1) is 37.7. The molecule has 4 nitrogen and oxygen atoms in total. The van der Waals surface area contributed by atoms with Crippen LogP contribution in [0, 0.1) is 0 Å². The topological polar surface area (TPSA) is 35.6 Å². The number of hydrogen-bond acceptors (Lipinski definition) is 2. The van der Waals surface area contributed by atoms with Gasteiger partial charge in [-0.25, -0.2) is 9.97 Å². The van der Waals surface area contributed by atoms with Gasteiger partial charge in [-0.3, -0.25) is 0 Å². The maximum absolute atomic E-state index is 5.40. The minimum Gasteiger partial charge on any atom is -0.309 e. The summed E-state index contributed by atoms with van der Waals surface area (Å²) >= 11 is 0. The van der Waals surface area contributed by atoms with Crippen molar-refractivity contribution in [2.75, 3.05) is 0 Å². The Morgan fingerprint density at radius 2 is 0.829 bits per heavy atom. The van der Waals surface area contributed by atoms with Crippen molar-refractivity contribution in [2.24, 2.45) is 0 Å². The normalized spacial score (nSPS) is 12.3. The Bertz CT molecular complexity index is 4750. The van der Waals surface area contributed by atoms with Gasteiger partial charge < -0.3 is 9.13 Å². The minimum absolute atomic E-state index is 0.878. The zero-order valence-corrected chi connectivity index (χ0v) is 37.7. The zero-order chi connectivity index (χ0) is 45.6. The lowest BCUT2D eigenvalue weighted by Gasteiger charge is -2.15. The van der Waals surface area contributed by atoms with Crippen LogP contribution in [-0.4, -0.2) is 19.1 Å². The molecule has 1 aliphatic rings. The van der Waals surface area contributed by atoms with E-state index in [0.29, 0.717) is 0 Å². The zero-order valence-electron chi connectivity index (χ0n) is 37.7. The molecule has 15 aromatic rings. The molecule has 1 aliphatic carbocycles. The van der Waals surface area contributed by atoms with Crippen molar-refractivity contribution >= 4 is 97.7 Å². The van der Waals surface area contributed by atoms with Crippen LogP contribution in [0.4, 0.5) is 0 Å². The summed E-state index contributed by atoms with van der Waals surface area (Å²) in [5.41, 5.74) is 17.9. The van der Waals surface area contributed by atoms with Crippen molar-refractivity contribution < 1.29 is 0 Å². The number of hydrogen-bond donors (Lipinski definition) is 0. The first-order valence-corrected chi connectivity index (χ1v) is 24.1. The molecule has 0 radical (unpaired) electrons. The van der Waals surface area contributed by atoms with Crippen LogP contribution in [0.2, 0.25) is 0 Å². The molecule has 0 atom stereocenters.